The smallest absolute Gasteiger partial charge is 0.315 e. The zero-order chi connectivity index (χ0) is 14.9. The van der Waals surface area contributed by atoms with Crippen LogP contribution >= 0.6 is 11.3 Å². The maximum absolute atomic E-state index is 12.7. The summed E-state index contributed by atoms with van der Waals surface area (Å²) in [6, 6.07) is 1.52. The number of hydrogen-bond acceptors (Lipinski definition) is 4. The molecule has 0 spiro atoms. The van der Waals surface area contributed by atoms with Gasteiger partial charge in [-0.05, 0) is 23.4 Å². The lowest BCUT2D eigenvalue weighted by molar-refractivity contribution is -0.134. The van der Waals surface area contributed by atoms with Crippen LogP contribution in [0.25, 0.3) is 0 Å². The van der Waals surface area contributed by atoms with E-state index in [1.54, 1.807) is 0 Å². The molecule has 0 saturated heterocycles. The van der Waals surface area contributed by atoms with Crippen LogP contribution in [0.5, 0.6) is 0 Å². The first-order chi connectivity index (χ1) is 10.1. The summed E-state index contributed by atoms with van der Waals surface area (Å²) in [5.74, 6) is 1.93. The van der Waals surface area contributed by atoms with Gasteiger partial charge in [0.05, 0.1) is 0 Å². The first kappa shape index (κ1) is 14.5. The van der Waals surface area contributed by atoms with E-state index in [2.05, 4.69) is 20.1 Å². The van der Waals surface area contributed by atoms with Crippen LogP contribution < -0.4 is 5.32 Å². The summed E-state index contributed by atoms with van der Waals surface area (Å²) in [4.78, 5) is -0.515. The van der Waals surface area contributed by atoms with Crippen LogP contribution in [-0.4, -0.2) is 21.3 Å². The van der Waals surface area contributed by atoms with Gasteiger partial charge in [-0.25, -0.2) is 0 Å². The minimum absolute atomic E-state index is 0.222. The number of nitrogens with zero attached hydrogens (tertiary/aromatic N) is 3. The molecular formula is C13H15F3N4S. The van der Waals surface area contributed by atoms with Crippen LogP contribution in [0.4, 0.5) is 13.2 Å². The summed E-state index contributed by atoms with van der Waals surface area (Å²) >= 11 is 0.737. The van der Waals surface area contributed by atoms with Gasteiger partial charge < -0.3 is 9.88 Å². The lowest BCUT2D eigenvalue weighted by atomic mass is 10.2. The van der Waals surface area contributed by atoms with Crippen LogP contribution in [0.3, 0.4) is 0 Å². The fourth-order valence-electron chi connectivity index (χ4n) is 2.54. The Morgan fingerprint density at radius 2 is 2.19 bits per heavy atom. The predicted molar refractivity (Wildman–Crippen MR) is 73.1 cm³/mol. The second-order valence-electron chi connectivity index (χ2n) is 4.99. The van der Waals surface area contributed by atoms with Gasteiger partial charge in [-0.3, -0.25) is 0 Å². The second kappa shape index (κ2) is 5.76. The van der Waals surface area contributed by atoms with Crippen LogP contribution in [0.15, 0.2) is 11.4 Å². The van der Waals surface area contributed by atoms with Crippen molar-refractivity contribution >= 4 is 11.3 Å². The zero-order valence-electron chi connectivity index (χ0n) is 11.3. The van der Waals surface area contributed by atoms with Crippen molar-refractivity contribution < 1.29 is 13.2 Å². The van der Waals surface area contributed by atoms with Crippen molar-refractivity contribution in [2.75, 3.05) is 6.54 Å². The molecule has 3 rings (SSSR count). The third kappa shape index (κ3) is 3.11. The third-order valence-corrected chi connectivity index (χ3v) is 4.53. The van der Waals surface area contributed by atoms with Gasteiger partial charge in [0.15, 0.2) is 0 Å². The van der Waals surface area contributed by atoms with Gasteiger partial charge in [0.2, 0.25) is 0 Å². The molecule has 0 aromatic carbocycles. The first-order valence-electron chi connectivity index (χ1n) is 6.81. The van der Waals surface area contributed by atoms with E-state index in [4.69, 9.17) is 0 Å². The quantitative estimate of drug-likeness (QED) is 0.862. The minimum atomic E-state index is -4.26. The minimum Gasteiger partial charge on any atom is -0.315 e. The number of halogens is 3. The Labute approximate surface area is 124 Å². The monoisotopic (exact) mass is 316 g/mol. The molecule has 3 heterocycles. The highest BCUT2D eigenvalue weighted by Crippen LogP contribution is 2.35. The Hall–Kier alpha value is -1.41. The topological polar surface area (TPSA) is 42.7 Å². The molecule has 4 nitrogen and oxygen atoms in total. The number of alkyl halides is 3. The normalized spacial score (nSPS) is 14.6. The van der Waals surface area contributed by atoms with Gasteiger partial charge in [-0.2, -0.15) is 13.2 Å². The van der Waals surface area contributed by atoms with Gasteiger partial charge in [-0.1, -0.05) is 0 Å². The molecule has 114 valence electrons. The Kier molecular flexibility index (Phi) is 3.99. The van der Waals surface area contributed by atoms with E-state index in [1.165, 1.54) is 11.4 Å². The molecule has 1 aliphatic heterocycles. The largest absolute Gasteiger partial charge is 0.425 e. The van der Waals surface area contributed by atoms with Crippen LogP contribution in [0.2, 0.25) is 0 Å². The van der Waals surface area contributed by atoms with E-state index in [0.717, 1.165) is 42.4 Å². The first-order valence-corrected chi connectivity index (χ1v) is 7.69. The van der Waals surface area contributed by atoms with Crippen molar-refractivity contribution in [2.24, 2.45) is 0 Å². The fraction of sp³-hybridized carbons (Fsp3) is 0.538. The molecule has 0 radical (unpaired) electrons. The molecule has 0 bridgehead atoms. The highest BCUT2D eigenvalue weighted by molar-refractivity contribution is 7.10. The molecule has 0 fully saturated rings. The van der Waals surface area contributed by atoms with E-state index in [9.17, 15) is 13.2 Å². The highest BCUT2D eigenvalue weighted by atomic mass is 32.1. The molecule has 0 amide bonds. The predicted octanol–water partition coefficient (Wildman–Crippen LogP) is 2.64. The lowest BCUT2D eigenvalue weighted by Gasteiger charge is -2.09. The molecule has 2 aromatic heterocycles. The third-order valence-electron chi connectivity index (χ3n) is 3.53. The molecule has 0 saturated carbocycles. The number of fused-ring (bicyclic) bond motifs is 1. The Morgan fingerprint density at radius 1 is 1.33 bits per heavy atom. The average molecular weight is 316 g/mol. The van der Waals surface area contributed by atoms with Crippen molar-refractivity contribution in [3.05, 3.63) is 33.5 Å². The van der Waals surface area contributed by atoms with Crippen molar-refractivity contribution in [1.29, 1.82) is 0 Å². The number of rotatable bonds is 5. The van der Waals surface area contributed by atoms with E-state index >= 15 is 0 Å². The summed E-state index contributed by atoms with van der Waals surface area (Å²) < 4.78 is 40.3. The van der Waals surface area contributed by atoms with Crippen molar-refractivity contribution in [2.45, 2.75) is 38.5 Å². The number of thiophene rings is 1. The summed E-state index contributed by atoms with van der Waals surface area (Å²) in [6.45, 7) is 1.75. The van der Waals surface area contributed by atoms with Gasteiger partial charge in [0, 0.05) is 32.5 Å². The molecular weight excluding hydrogens is 301 g/mol. The Bertz CT molecular complexity index is 617. The highest BCUT2D eigenvalue weighted by Gasteiger charge is 2.34. The van der Waals surface area contributed by atoms with Crippen molar-refractivity contribution in [3.8, 4) is 0 Å². The summed E-state index contributed by atoms with van der Waals surface area (Å²) in [6.07, 6.45) is -1.53. The summed E-state index contributed by atoms with van der Waals surface area (Å²) in [7, 11) is 0. The molecule has 0 unspecified atom stereocenters. The van der Waals surface area contributed by atoms with Gasteiger partial charge in [0.25, 0.3) is 0 Å². The van der Waals surface area contributed by atoms with E-state index in [-0.39, 0.29) is 6.54 Å². The molecule has 21 heavy (non-hydrogen) atoms. The van der Waals surface area contributed by atoms with Gasteiger partial charge in [0.1, 0.15) is 16.5 Å². The second-order valence-corrected chi connectivity index (χ2v) is 5.90. The molecule has 8 heteroatoms. The average Bonchev–Trinajstić information content (AvgIpc) is 3.11. The van der Waals surface area contributed by atoms with Crippen molar-refractivity contribution in [1.82, 2.24) is 20.1 Å². The molecule has 0 aliphatic carbocycles. The standard InChI is InChI=1S/C13H15F3N4S/c14-13(15,16)12-9(4-7-21-12)8-17-5-3-11-19-18-10-2-1-6-20(10)11/h4,7,17H,1-3,5-6,8H2. The maximum atomic E-state index is 12.7. The van der Waals surface area contributed by atoms with Crippen LogP contribution in [-0.2, 0) is 32.1 Å². The number of aryl methyl sites for hydroxylation is 1. The summed E-state index contributed by atoms with van der Waals surface area (Å²) in [5, 5.41) is 12.8. The Balaban J connectivity index is 1.52. The lowest BCUT2D eigenvalue weighted by Crippen LogP contribution is -2.20. The number of hydrogen-bond donors (Lipinski definition) is 1. The van der Waals surface area contributed by atoms with Crippen molar-refractivity contribution in [3.63, 3.8) is 0 Å². The Morgan fingerprint density at radius 3 is 3.00 bits per heavy atom. The molecule has 1 N–H and O–H groups in total. The van der Waals surface area contributed by atoms with E-state index in [0.29, 0.717) is 18.5 Å². The number of aromatic nitrogens is 3. The fourth-order valence-corrected chi connectivity index (χ4v) is 3.34. The molecule has 1 aliphatic rings. The maximum Gasteiger partial charge on any atom is 0.425 e. The van der Waals surface area contributed by atoms with Gasteiger partial charge in [-0.15, -0.1) is 21.5 Å². The summed E-state index contributed by atoms with van der Waals surface area (Å²) in [5.41, 5.74) is 0.305. The van der Waals surface area contributed by atoms with Crippen LogP contribution in [0.1, 0.15) is 28.5 Å². The van der Waals surface area contributed by atoms with E-state index in [1.807, 2.05) is 0 Å². The molecule has 2 aromatic rings. The van der Waals surface area contributed by atoms with Gasteiger partial charge >= 0.3 is 6.18 Å². The molecule has 0 atom stereocenters. The SMILES string of the molecule is FC(F)(F)c1sccc1CNCCc1nnc2n1CCC2. The number of nitrogens with one attached hydrogen (secondary N) is 1. The zero-order valence-corrected chi connectivity index (χ0v) is 12.1. The van der Waals surface area contributed by atoms with Crippen LogP contribution in [0, 0.1) is 0 Å². The van der Waals surface area contributed by atoms with E-state index < -0.39 is 11.1 Å².